The predicted octanol–water partition coefficient (Wildman–Crippen LogP) is 3.98. The molecule has 0 radical (unpaired) electrons. The van der Waals surface area contributed by atoms with Crippen molar-refractivity contribution < 1.29 is 27.9 Å². The van der Waals surface area contributed by atoms with Crippen molar-refractivity contribution in [2.75, 3.05) is 6.54 Å². The number of rotatable bonds is 8. The number of halogens is 3. The Labute approximate surface area is 188 Å². The van der Waals surface area contributed by atoms with E-state index in [1.165, 1.54) is 31.2 Å². The van der Waals surface area contributed by atoms with E-state index in [-0.39, 0.29) is 11.8 Å². The minimum absolute atomic E-state index is 0.0758. The Morgan fingerprint density at radius 1 is 1.16 bits per heavy atom. The van der Waals surface area contributed by atoms with Gasteiger partial charge in [0.05, 0.1) is 6.04 Å². The molecule has 1 saturated heterocycles. The number of ether oxygens (including phenoxy) is 1. The molecule has 4 amide bonds. The number of carbonyl (C=O) groups is 3. The van der Waals surface area contributed by atoms with E-state index < -0.39 is 36.5 Å². The van der Waals surface area contributed by atoms with Crippen molar-refractivity contribution in [3.63, 3.8) is 0 Å². The van der Waals surface area contributed by atoms with Crippen molar-refractivity contribution in [2.24, 2.45) is 0 Å². The van der Waals surface area contributed by atoms with Crippen LogP contribution in [0, 0.1) is 0 Å². The van der Waals surface area contributed by atoms with E-state index in [0.717, 1.165) is 10.5 Å². The Morgan fingerprint density at radius 2 is 1.78 bits per heavy atom. The highest BCUT2D eigenvalue weighted by molar-refractivity contribution is 6.30. The molecule has 1 heterocycles. The number of alkyl halides is 2. The average Bonchev–Trinajstić information content (AvgIpc) is 2.96. The lowest BCUT2D eigenvalue weighted by molar-refractivity contribution is -0.135. The molecule has 0 aliphatic carbocycles. The number of amides is 4. The van der Waals surface area contributed by atoms with E-state index in [2.05, 4.69) is 15.4 Å². The van der Waals surface area contributed by atoms with Crippen molar-refractivity contribution in [1.29, 1.82) is 0 Å². The fourth-order valence-electron chi connectivity index (χ4n) is 3.51. The van der Waals surface area contributed by atoms with Crippen LogP contribution in [0.1, 0.15) is 37.4 Å². The Bertz CT molecular complexity index is 1000. The van der Waals surface area contributed by atoms with Gasteiger partial charge in [0.25, 0.3) is 5.91 Å². The van der Waals surface area contributed by atoms with Crippen LogP contribution >= 0.6 is 11.6 Å². The summed E-state index contributed by atoms with van der Waals surface area (Å²) >= 11 is 5.90. The Balaban J connectivity index is 1.69. The molecule has 3 rings (SSSR count). The summed E-state index contributed by atoms with van der Waals surface area (Å²) in [6.45, 7) is -0.0580. The second kappa shape index (κ2) is 9.52. The topological polar surface area (TPSA) is 87.7 Å². The summed E-state index contributed by atoms with van der Waals surface area (Å²) < 4.78 is 29.0. The summed E-state index contributed by atoms with van der Waals surface area (Å²) in [4.78, 5) is 38.9. The Hall–Kier alpha value is -3.20. The first-order valence-electron chi connectivity index (χ1n) is 9.88. The van der Waals surface area contributed by atoms with Gasteiger partial charge in [-0.15, -0.1) is 0 Å². The number of nitrogens with one attached hydrogen (secondary N) is 2. The van der Waals surface area contributed by atoms with Crippen molar-refractivity contribution in [1.82, 2.24) is 15.5 Å². The minimum Gasteiger partial charge on any atom is -0.435 e. The molecule has 10 heteroatoms. The monoisotopic (exact) mass is 465 g/mol. The summed E-state index contributed by atoms with van der Waals surface area (Å²) in [5.41, 5.74) is -0.229. The van der Waals surface area contributed by atoms with Crippen molar-refractivity contribution >= 4 is 29.4 Å². The normalized spacial score (nSPS) is 19.1. The predicted molar refractivity (Wildman–Crippen MR) is 113 cm³/mol. The van der Waals surface area contributed by atoms with Gasteiger partial charge in [0.1, 0.15) is 17.8 Å². The van der Waals surface area contributed by atoms with Crippen molar-refractivity contribution in [3.8, 4) is 5.75 Å². The molecule has 2 N–H and O–H groups in total. The van der Waals surface area contributed by atoms with Gasteiger partial charge in [-0.05, 0) is 48.7 Å². The summed E-state index contributed by atoms with van der Waals surface area (Å²) in [7, 11) is 0. The van der Waals surface area contributed by atoms with Crippen LogP contribution in [0.4, 0.5) is 13.6 Å². The summed E-state index contributed by atoms with van der Waals surface area (Å²) in [6, 6.07) is 11.4. The summed E-state index contributed by atoms with van der Waals surface area (Å²) in [5.74, 6) is -1.20. The third-order valence-electron chi connectivity index (χ3n) is 5.25. The molecule has 0 spiro atoms. The average molecular weight is 466 g/mol. The van der Waals surface area contributed by atoms with E-state index in [9.17, 15) is 23.2 Å². The van der Waals surface area contributed by atoms with Crippen LogP contribution in [-0.4, -0.2) is 35.9 Å². The van der Waals surface area contributed by atoms with Crippen LogP contribution in [-0.2, 0) is 15.1 Å². The van der Waals surface area contributed by atoms with Crippen LogP contribution in [0.3, 0.4) is 0 Å². The molecule has 32 heavy (non-hydrogen) atoms. The van der Waals surface area contributed by atoms with Crippen LogP contribution in [0.25, 0.3) is 0 Å². The van der Waals surface area contributed by atoms with Gasteiger partial charge < -0.3 is 15.4 Å². The molecule has 7 nitrogen and oxygen atoms in total. The third kappa shape index (κ3) is 4.99. The van der Waals surface area contributed by atoms with Gasteiger partial charge in [-0.25, -0.2) is 4.79 Å². The maximum Gasteiger partial charge on any atom is 0.387 e. The largest absolute Gasteiger partial charge is 0.435 e. The maximum absolute atomic E-state index is 13.0. The SMILES string of the molecule is CCC(NC(=O)CN1C(=O)NC(C)(c2ccc(OC(F)F)cc2)C1=O)c1ccc(Cl)cc1. The molecule has 2 aromatic carbocycles. The standard InChI is InChI=1S/C22H22ClF2N3O4/c1-3-17(13-4-8-15(23)9-5-13)26-18(29)12-28-19(30)22(2,27-21(28)31)14-6-10-16(11-7-14)32-20(24)25/h4-11,17,20H,3,12H2,1-2H3,(H,26,29)(H,27,31). The van der Waals surface area contributed by atoms with Gasteiger partial charge in [0.2, 0.25) is 5.91 Å². The number of imide groups is 1. The number of hydrogen-bond acceptors (Lipinski definition) is 4. The molecule has 1 aliphatic rings. The lowest BCUT2D eigenvalue weighted by atomic mass is 9.92. The lowest BCUT2D eigenvalue weighted by Crippen LogP contribution is -2.43. The zero-order chi connectivity index (χ0) is 23.5. The first kappa shape index (κ1) is 23.5. The van der Waals surface area contributed by atoms with Gasteiger partial charge in [-0.1, -0.05) is 42.8 Å². The van der Waals surface area contributed by atoms with E-state index in [0.29, 0.717) is 17.0 Å². The molecule has 1 aliphatic heterocycles. The highest BCUT2D eigenvalue weighted by Gasteiger charge is 2.49. The van der Waals surface area contributed by atoms with Crippen molar-refractivity contribution in [2.45, 2.75) is 38.5 Å². The molecule has 0 aromatic heterocycles. The van der Waals surface area contributed by atoms with Gasteiger partial charge in [-0.2, -0.15) is 8.78 Å². The molecule has 2 aromatic rings. The maximum atomic E-state index is 13.0. The zero-order valence-corrected chi connectivity index (χ0v) is 18.2. The molecule has 2 unspecified atom stereocenters. The first-order chi connectivity index (χ1) is 15.1. The Morgan fingerprint density at radius 3 is 2.34 bits per heavy atom. The first-order valence-corrected chi connectivity index (χ1v) is 10.3. The van der Waals surface area contributed by atoms with E-state index in [1.54, 1.807) is 24.3 Å². The number of hydrogen-bond donors (Lipinski definition) is 2. The van der Waals surface area contributed by atoms with Gasteiger partial charge in [0, 0.05) is 5.02 Å². The summed E-state index contributed by atoms with van der Waals surface area (Å²) in [5, 5.41) is 5.96. The lowest BCUT2D eigenvalue weighted by Gasteiger charge is -2.23. The Kier molecular flexibility index (Phi) is 6.98. The van der Waals surface area contributed by atoms with Gasteiger partial charge >= 0.3 is 12.6 Å². The second-order valence-electron chi connectivity index (χ2n) is 7.43. The van der Waals surface area contributed by atoms with Crippen LogP contribution in [0.5, 0.6) is 5.75 Å². The van der Waals surface area contributed by atoms with Gasteiger partial charge in [-0.3, -0.25) is 14.5 Å². The molecular formula is C22H22ClF2N3O4. The zero-order valence-electron chi connectivity index (χ0n) is 17.4. The second-order valence-corrected chi connectivity index (χ2v) is 7.87. The van der Waals surface area contributed by atoms with E-state index >= 15 is 0 Å². The van der Waals surface area contributed by atoms with Crippen LogP contribution in [0.2, 0.25) is 5.02 Å². The quantitative estimate of drug-likeness (QED) is 0.577. The molecule has 170 valence electrons. The number of nitrogens with zero attached hydrogens (tertiary/aromatic N) is 1. The van der Waals surface area contributed by atoms with Crippen LogP contribution < -0.4 is 15.4 Å². The van der Waals surface area contributed by atoms with Gasteiger partial charge in [0.15, 0.2) is 0 Å². The van der Waals surface area contributed by atoms with Crippen molar-refractivity contribution in [3.05, 3.63) is 64.7 Å². The smallest absolute Gasteiger partial charge is 0.387 e. The molecule has 2 atom stereocenters. The molecular weight excluding hydrogens is 444 g/mol. The van der Waals surface area contributed by atoms with E-state index in [4.69, 9.17) is 11.6 Å². The highest BCUT2D eigenvalue weighted by atomic mass is 35.5. The fraction of sp³-hybridized carbons (Fsp3) is 0.318. The number of carbonyl (C=O) groups excluding carboxylic acids is 3. The highest BCUT2D eigenvalue weighted by Crippen LogP contribution is 2.30. The number of benzene rings is 2. The van der Waals surface area contributed by atoms with Crippen LogP contribution in [0.15, 0.2) is 48.5 Å². The van der Waals surface area contributed by atoms with E-state index in [1.807, 2.05) is 6.92 Å². The fourth-order valence-corrected chi connectivity index (χ4v) is 3.63. The summed E-state index contributed by atoms with van der Waals surface area (Å²) in [6.07, 6.45) is 0.596. The number of urea groups is 1. The third-order valence-corrected chi connectivity index (χ3v) is 5.50. The molecule has 1 fully saturated rings. The molecule has 0 bridgehead atoms. The minimum atomic E-state index is -2.97. The molecule has 0 saturated carbocycles.